The van der Waals surface area contributed by atoms with Crippen LogP contribution in [0.15, 0.2) is 72.9 Å². The van der Waals surface area contributed by atoms with E-state index in [2.05, 4.69) is 31.3 Å². The van der Waals surface area contributed by atoms with E-state index in [4.69, 9.17) is 0 Å². The molecule has 0 aromatic carbocycles. The van der Waals surface area contributed by atoms with Crippen molar-refractivity contribution in [3.63, 3.8) is 0 Å². The van der Waals surface area contributed by atoms with Crippen LogP contribution in [-0.2, 0) is 0 Å². The number of hydrazone groups is 2. The van der Waals surface area contributed by atoms with E-state index in [1.165, 1.54) is 0 Å². The van der Waals surface area contributed by atoms with Crippen molar-refractivity contribution in [2.75, 3.05) is 0 Å². The number of rotatable bonds is 6. The Kier molecular flexibility index (Phi) is 6.62. The molecule has 6 nitrogen and oxygen atoms in total. The molecule has 126 valence electrons. The van der Waals surface area contributed by atoms with Crippen molar-refractivity contribution in [1.82, 2.24) is 10.9 Å². The molecule has 0 unspecified atom stereocenters. The predicted molar refractivity (Wildman–Crippen MR) is 109 cm³/mol. The van der Waals surface area contributed by atoms with Crippen molar-refractivity contribution in [2.24, 2.45) is 20.4 Å². The predicted octanol–water partition coefficient (Wildman–Crippen LogP) is 3.81. The van der Waals surface area contributed by atoms with Gasteiger partial charge in [0.05, 0.1) is 18.6 Å². The SMILES string of the molecule is C(=N/N=C(N/N=C\c1cccs1)N/N=C/c1cccs1)/c1cccs1. The van der Waals surface area contributed by atoms with E-state index in [1.807, 2.05) is 52.5 Å². The summed E-state index contributed by atoms with van der Waals surface area (Å²) in [6.07, 6.45) is 5.11. The zero-order valence-electron chi connectivity index (χ0n) is 12.9. The summed E-state index contributed by atoms with van der Waals surface area (Å²) in [5, 5.41) is 22.4. The fraction of sp³-hybridized carbons (Fsp3) is 0. The first-order valence-electron chi connectivity index (χ1n) is 7.20. The lowest BCUT2D eigenvalue weighted by Gasteiger charge is -2.01. The Labute approximate surface area is 157 Å². The van der Waals surface area contributed by atoms with E-state index >= 15 is 0 Å². The van der Waals surface area contributed by atoms with E-state index in [1.54, 1.807) is 52.7 Å². The number of nitrogens with one attached hydrogen (secondary N) is 2. The molecule has 0 radical (unpaired) electrons. The highest BCUT2D eigenvalue weighted by molar-refractivity contribution is 7.12. The van der Waals surface area contributed by atoms with Crippen LogP contribution in [0.2, 0.25) is 0 Å². The molecule has 2 N–H and O–H groups in total. The molecular formula is C16H14N6S3. The highest BCUT2D eigenvalue weighted by atomic mass is 32.1. The summed E-state index contributed by atoms with van der Waals surface area (Å²) in [5.41, 5.74) is 5.63. The van der Waals surface area contributed by atoms with E-state index in [9.17, 15) is 0 Å². The van der Waals surface area contributed by atoms with Crippen LogP contribution in [-0.4, -0.2) is 24.6 Å². The molecule has 0 saturated heterocycles. The molecule has 3 heterocycles. The molecular weight excluding hydrogens is 372 g/mol. The maximum atomic E-state index is 4.15. The van der Waals surface area contributed by atoms with Gasteiger partial charge in [-0.2, -0.15) is 15.3 Å². The number of guanidine groups is 1. The van der Waals surface area contributed by atoms with Crippen molar-refractivity contribution < 1.29 is 0 Å². The van der Waals surface area contributed by atoms with Crippen molar-refractivity contribution in [2.45, 2.75) is 0 Å². The second kappa shape index (κ2) is 9.62. The minimum atomic E-state index is 0.327. The Balaban J connectivity index is 1.63. The third kappa shape index (κ3) is 6.07. The average Bonchev–Trinajstić information content (AvgIpc) is 3.38. The number of thiophene rings is 3. The van der Waals surface area contributed by atoms with Gasteiger partial charge in [-0.05, 0) is 34.3 Å². The van der Waals surface area contributed by atoms with Gasteiger partial charge in [-0.25, -0.2) is 10.9 Å². The average molecular weight is 387 g/mol. The summed E-state index contributed by atoms with van der Waals surface area (Å²) in [5.74, 6) is 0.327. The summed E-state index contributed by atoms with van der Waals surface area (Å²) >= 11 is 4.79. The molecule has 3 rings (SSSR count). The van der Waals surface area contributed by atoms with Gasteiger partial charge in [-0.15, -0.1) is 39.1 Å². The summed E-state index contributed by atoms with van der Waals surface area (Å²) in [6, 6.07) is 11.8. The van der Waals surface area contributed by atoms with E-state index in [0.717, 1.165) is 14.6 Å². The molecule has 9 heteroatoms. The second-order valence-corrected chi connectivity index (χ2v) is 7.42. The molecule has 0 amide bonds. The topological polar surface area (TPSA) is 73.5 Å². The molecule has 0 aliphatic rings. The van der Waals surface area contributed by atoms with Crippen LogP contribution in [0, 0.1) is 0 Å². The molecule has 0 spiro atoms. The standard InChI is InChI=1S/C16H14N6S3/c1-4-13(23-7-1)10-17-20-16(21-18-11-14-5-2-8-24-14)22-19-12-15-6-3-9-25-15/h1-12H,(H2,20,21,22)/b17-10-,18-11-,19-12+. The molecule has 0 aliphatic heterocycles. The lowest BCUT2D eigenvalue weighted by Crippen LogP contribution is -2.30. The quantitative estimate of drug-likeness (QED) is 0.384. The highest BCUT2D eigenvalue weighted by Crippen LogP contribution is 2.05. The van der Waals surface area contributed by atoms with E-state index in [0.29, 0.717) is 5.96 Å². The number of nitrogens with zero attached hydrogens (tertiary/aromatic N) is 4. The van der Waals surface area contributed by atoms with Gasteiger partial charge in [-0.3, -0.25) is 0 Å². The smallest absolute Gasteiger partial charge is 0.244 e. The molecule has 0 fully saturated rings. The van der Waals surface area contributed by atoms with E-state index in [-0.39, 0.29) is 0 Å². The van der Waals surface area contributed by atoms with Crippen LogP contribution in [0.25, 0.3) is 0 Å². The third-order valence-corrected chi connectivity index (χ3v) is 5.12. The Morgan fingerprint density at radius 1 is 0.720 bits per heavy atom. The van der Waals surface area contributed by atoms with Crippen molar-refractivity contribution >= 4 is 58.6 Å². The van der Waals surface area contributed by atoms with Crippen LogP contribution in [0.4, 0.5) is 0 Å². The first-order chi connectivity index (χ1) is 12.4. The zero-order valence-corrected chi connectivity index (χ0v) is 15.4. The van der Waals surface area contributed by atoms with Gasteiger partial charge in [0.1, 0.15) is 0 Å². The molecule has 0 atom stereocenters. The van der Waals surface area contributed by atoms with Crippen LogP contribution >= 0.6 is 34.0 Å². The van der Waals surface area contributed by atoms with Gasteiger partial charge in [0.15, 0.2) is 0 Å². The van der Waals surface area contributed by atoms with Gasteiger partial charge in [0.25, 0.3) is 5.96 Å². The summed E-state index contributed by atoms with van der Waals surface area (Å²) in [6.45, 7) is 0. The maximum Gasteiger partial charge on any atom is 0.257 e. The van der Waals surface area contributed by atoms with E-state index < -0.39 is 0 Å². The number of hydrogen-bond donors (Lipinski definition) is 2. The Morgan fingerprint density at radius 3 is 1.64 bits per heavy atom. The summed E-state index contributed by atoms with van der Waals surface area (Å²) in [7, 11) is 0. The van der Waals surface area contributed by atoms with Gasteiger partial charge >= 0.3 is 0 Å². The van der Waals surface area contributed by atoms with Gasteiger partial charge in [-0.1, -0.05) is 18.2 Å². The molecule has 0 bridgehead atoms. The van der Waals surface area contributed by atoms with Crippen LogP contribution < -0.4 is 10.9 Å². The number of hydrogen-bond acceptors (Lipinski definition) is 7. The fourth-order valence-corrected chi connectivity index (χ4v) is 3.37. The van der Waals surface area contributed by atoms with Gasteiger partial charge < -0.3 is 0 Å². The fourth-order valence-electron chi connectivity index (χ4n) is 1.62. The summed E-state index contributed by atoms with van der Waals surface area (Å²) in [4.78, 5) is 3.10. The molecule has 3 aromatic rings. The van der Waals surface area contributed by atoms with Crippen molar-refractivity contribution in [3.05, 3.63) is 67.2 Å². The second-order valence-electron chi connectivity index (χ2n) is 4.48. The van der Waals surface area contributed by atoms with Crippen LogP contribution in [0.1, 0.15) is 14.6 Å². The van der Waals surface area contributed by atoms with Crippen LogP contribution in [0.5, 0.6) is 0 Å². The molecule has 3 aromatic heterocycles. The molecule has 25 heavy (non-hydrogen) atoms. The normalized spacial score (nSPS) is 12.6. The zero-order chi connectivity index (χ0) is 17.2. The maximum absolute atomic E-state index is 4.15. The van der Waals surface area contributed by atoms with Gasteiger partial charge in [0.2, 0.25) is 0 Å². The Bertz CT molecular complexity index is 798. The molecule has 0 saturated carbocycles. The monoisotopic (exact) mass is 386 g/mol. The summed E-state index contributed by atoms with van der Waals surface area (Å²) < 4.78 is 0. The van der Waals surface area contributed by atoms with Crippen molar-refractivity contribution in [1.29, 1.82) is 0 Å². The lowest BCUT2D eigenvalue weighted by atomic mass is 10.5. The van der Waals surface area contributed by atoms with Crippen LogP contribution in [0.3, 0.4) is 0 Å². The highest BCUT2D eigenvalue weighted by Gasteiger charge is 1.95. The Hall–Kier alpha value is -2.62. The van der Waals surface area contributed by atoms with Gasteiger partial charge in [0, 0.05) is 14.6 Å². The van der Waals surface area contributed by atoms with Crippen molar-refractivity contribution in [3.8, 4) is 0 Å². The first-order valence-corrected chi connectivity index (χ1v) is 9.84. The largest absolute Gasteiger partial charge is 0.257 e. The first kappa shape index (κ1) is 17.2. The Morgan fingerprint density at radius 2 is 1.20 bits per heavy atom. The minimum absolute atomic E-state index is 0.327. The lowest BCUT2D eigenvalue weighted by molar-refractivity contribution is 0.891. The molecule has 0 aliphatic carbocycles. The third-order valence-electron chi connectivity index (χ3n) is 2.70. The minimum Gasteiger partial charge on any atom is -0.244 e.